The van der Waals surface area contributed by atoms with E-state index in [9.17, 15) is 4.79 Å². The first-order valence-corrected chi connectivity index (χ1v) is 11.1. The molecular formula is C25H21ClN2O3S. The van der Waals surface area contributed by atoms with E-state index in [0.29, 0.717) is 22.2 Å². The second-order valence-corrected chi connectivity index (χ2v) is 8.28. The molecule has 0 saturated heterocycles. The molecule has 3 aromatic carbocycles. The van der Waals surface area contributed by atoms with Gasteiger partial charge in [-0.15, -0.1) is 11.3 Å². The van der Waals surface area contributed by atoms with Crippen LogP contribution < -0.4 is 14.8 Å². The quantitative estimate of drug-likeness (QED) is 0.347. The predicted molar refractivity (Wildman–Crippen MR) is 130 cm³/mol. The smallest absolute Gasteiger partial charge is 0.228 e. The number of thiazole rings is 1. The van der Waals surface area contributed by atoms with Crippen LogP contribution in [0.25, 0.3) is 21.8 Å². The SMILES string of the molecule is COc1ccc(CC(=O)Nc2cccc(-c3csc(-c4ccccc4Cl)n3)c2)cc1OC. The average molecular weight is 465 g/mol. The number of nitrogens with one attached hydrogen (secondary N) is 1. The van der Waals surface area contributed by atoms with E-state index in [1.165, 1.54) is 11.3 Å². The van der Waals surface area contributed by atoms with Crippen molar-refractivity contribution < 1.29 is 14.3 Å². The van der Waals surface area contributed by atoms with E-state index in [2.05, 4.69) is 5.32 Å². The highest BCUT2D eigenvalue weighted by Crippen LogP contribution is 2.33. The third-order valence-electron chi connectivity index (χ3n) is 4.86. The molecule has 0 fully saturated rings. The van der Waals surface area contributed by atoms with Gasteiger partial charge in [0.15, 0.2) is 11.5 Å². The zero-order valence-corrected chi connectivity index (χ0v) is 19.2. The summed E-state index contributed by atoms with van der Waals surface area (Å²) in [5.74, 6) is 1.10. The number of aromatic nitrogens is 1. The molecule has 0 aliphatic rings. The van der Waals surface area contributed by atoms with Crippen molar-refractivity contribution in [1.29, 1.82) is 0 Å². The molecule has 162 valence electrons. The van der Waals surface area contributed by atoms with Crippen LogP contribution in [0, 0.1) is 0 Å². The van der Waals surface area contributed by atoms with Gasteiger partial charge < -0.3 is 14.8 Å². The highest BCUT2D eigenvalue weighted by molar-refractivity contribution is 7.13. The van der Waals surface area contributed by atoms with Crippen LogP contribution in [0.4, 0.5) is 5.69 Å². The van der Waals surface area contributed by atoms with Crippen LogP contribution in [0.3, 0.4) is 0 Å². The number of hydrogen-bond donors (Lipinski definition) is 1. The first-order chi connectivity index (χ1) is 15.6. The standard InChI is InChI=1S/C25H21ClN2O3S/c1-30-22-11-10-16(12-23(22)31-2)13-24(29)27-18-7-5-6-17(14-18)21-15-32-25(28-21)19-8-3-4-9-20(19)26/h3-12,14-15H,13H2,1-2H3,(H,27,29). The molecule has 1 N–H and O–H groups in total. The maximum atomic E-state index is 12.6. The van der Waals surface area contributed by atoms with Crippen LogP contribution in [0.5, 0.6) is 11.5 Å². The van der Waals surface area contributed by atoms with Crippen molar-refractivity contribution in [3.63, 3.8) is 0 Å². The summed E-state index contributed by atoms with van der Waals surface area (Å²) in [7, 11) is 3.15. The van der Waals surface area contributed by atoms with Gasteiger partial charge in [0.1, 0.15) is 5.01 Å². The van der Waals surface area contributed by atoms with Crippen LogP contribution in [0.2, 0.25) is 5.02 Å². The minimum atomic E-state index is -0.121. The molecule has 5 nitrogen and oxygen atoms in total. The van der Waals surface area contributed by atoms with E-state index in [0.717, 1.165) is 27.4 Å². The lowest BCUT2D eigenvalue weighted by atomic mass is 10.1. The first kappa shape index (κ1) is 21.9. The van der Waals surface area contributed by atoms with Crippen LogP contribution in [0.1, 0.15) is 5.56 Å². The Balaban J connectivity index is 1.48. The van der Waals surface area contributed by atoms with Gasteiger partial charge in [-0.1, -0.05) is 48.0 Å². The van der Waals surface area contributed by atoms with Crippen molar-refractivity contribution in [3.05, 3.63) is 82.7 Å². The van der Waals surface area contributed by atoms with E-state index in [1.807, 2.05) is 60.0 Å². The van der Waals surface area contributed by atoms with Gasteiger partial charge in [-0.3, -0.25) is 4.79 Å². The fourth-order valence-corrected chi connectivity index (χ4v) is 4.45. The number of hydrogen-bond acceptors (Lipinski definition) is 5. The fourth-order valence-electron chi connectivity index (χ4n) is 3.30. The Bertz CT molecular complexity index is 1260. The maximum absolute atomic E-state index is 12.6. The second-order valence-electron chi connectivity index (χ2n) is 7.01. The summed E-state index contributed by atoms with van der Waals surface area (Å²) in [6.45, 7) is 0. The summed E-state index contributed by atoms with van der Waals surface area (Å²) in [4.78, 5) is 17.3. The van der Waals surface area contributed by atoms with Gasteiger partial charge in [-0.25, -0.2) is 4.98 Å². The van der Waals surface area contributed by atoms with Crippen molar-refractivity contribution >= 4 is 34.5 Å². The van der Waals surface area contributed by atoms with Gasteiger partial charge in [0.05, 0.1) is 31.4 Å². The third-order valence-corrected chi connectivity index (χ3v) is 6.07. The number of rotatable bonds is 7. The largest absolute Gasteiger partial charge is 0.493 e. The third kappa shape index (κ3) is 4.93. The van der Waals surface area contributed by atoms with E-state index in [1.54, 1.807) is 26.4 Å². The number of carbonyl (C=O) groups is 1. The molecule has 7 heteroatoms. The molecule has 1 aromatic heterocycles. The lowest BCUT2D eigenvalue weighted by molar-refractivity contribution is -0.115. The lowest BCUT2D eigenvalue weighted by Gasteiger charge is -2.10. The molecule has 0 atom stereocenters. The molecule has 0 spiro atoms. The molecule has 0 aliphatic carbocycles. The Hall–Kier alpha value is -3.35. The molecule has 0 saturated carbocycles. The fraction of sp³-hybridized carbons (Fsp3) is 0.120. The van der Waals surface area contributed by atoms with Crippen molar-refractivity contribution in [1.82, 2.24) is 4.98 Å². The molecule has 4 aromatic rings. The van der Waals surface area contributed by atoms with Gasteiger partial charge >= 0.3 is 0 Å². The summed E-state index contributed by atoms with van der Waals surface area (Å²) in [6.07, 6.45) is 0.220. The second kappa shape index (κ2) is 9.85. The van der Waals surface area contributed by atoms with Crippen molar-refractivity contribution in [2.45, 2.75) is 6.42 Å². The zero-order chi connectivity index (χ0) is 22.5. The number of amides is 1. The first-order valence-electron chi connectivity index (χ1n) is 9.89. The number of ether oxygens (including phenoxy) is 2. The van der Waals surface area contributed by atoms with Crippen LogP contribution >= 0.6 is 22.9 Å². The normalized spacial score (nSPS) is 10.6. The van der Waals surface area contributed by atoms with Gasteiger partial charge in [0.25, 0.3) is 0 Å². The summed E-state index contributed by atoms with van der Waals surface area (Å²) in [6, 6.07) is 20.7. The van der Waals surface area contributed by atoms with Crippen molar-refractivity contribution in [3.8, 4) is 33.3 Å². The van der Waals surface area contributed by atoms with E-state index >= 15 is 0 Å². The van der Waals surface area contributed by atoms with Crippen LogP contribution in [-0.4, -0.2) is 25.1 Å². The van der Waals surface area contributed by atoms with Gasteiger partial charge in [0.2, 0.25) is 5.91 Å². The molecular weight excluding hydrogens is 444 g/mol. The summed E-state index contributed by atoms with van der Waals surface area (Å²) in [5, 5.41) is 6.47. The summed E-state index contributed by atoms with van der Waals surface area (Å²) >= 11 is 7.84. The van der Waals surface area contributed by atoms with Crippen molar-refractivity contribution in [2.75, 3.05) is 19.5 Å². The highest BCUT2D eigenvalue weighted by atomic mass is 35.5. The average Bonchev–Trinajstić information content (AvgIpc) is 3.29. The molecule has 1 heterocycles. The topological polar surface area (TPSA) is 60.5 Å². The van der Waals surface area contributed by atoms with Gasteiger partial charge in [-0.05, 0) is 35.9 Å². The van der Waals surface area contributed by atoms with Gasteiger partial charge in [0, 0.05) is 22.2 Å². The van der Waals surface area contributed by atoms with Gasteiger partial charge in [-0.2, -0.15) is 0 Å². The number of halogens is 1. The van der Waals surface area contributed by atoms with Crippen molar-refractivity contribution in [2.24, 2.45) is 0 Å². The van der Waals surface area contributed by atoms with E-state index in [4.69, 9.17) is 26.1 Å². The molecule has 32 heavy (non-hydrogen) atoms. The number of nitrogens with zero attached hydrogens (tertiary/aromatic N) is 1. The molecule has 0 radical (unpaired) electrons. The Morgan fingerprint density at radius 1 is 1.00 bits per heavy atom. The monoisotopic (exact) mass is 464 g/mol. The van der Waals surface area contributed by atoms with E-state index in [-0.39, 0.29) is 12.3 Å². The minimum Gasteiger partial charge on any atom is -0.493 e. The Kier molecular flexibility index (Phi) is 6.73. The molecule has 0 bridgehead atoms. The Morgan fingerprint density at radius 3 is 2.59 bits per heavy atom. The Labute approximate surface area is 195 Å². The van der Waals surface area contributed by atoms with E-state index < -0.39 is 0 Å². The molecule has 4 rings (SSSR count). The Morgan fingerprint density at radius 2 is 1.81 bits per heavy atom. The zero-order valence-electron chi connectivity index (χ0n) is 17.6. The predicted octanol–water partition coefficient (Wildman–Crippen LogP) is 6.33. The van der Waals surface area contributed by atoms with Crippen LogP contribution in [0.15, 0.2) is 72.1 Å². The maximum Gasteiger partial charge on any atom is 0.228 e. The number of carbonyl (C=O) groups excluding carboxylic acids is 1. The number of methoxy groups -OCH3 is 2. The highest BCUT2D eigenvalue weighted by Gasteiger charge is 2.12. The molecule has 0 unspecified atom stereocenters. The number of benzene rings is 3. The molecule has 0 aliphatic heterocycles. The summed E-state index contributed by atoms with van der Waals surface area (Å²) in [5.41, 5.74) is 4.20. The minimum absolute atomic E-state index is 0.121. The summed E-state index contributed by atoms with van der Waals surface area (Å²) < 4.78 is 10.6. The lowest BCUT2D eigenvalue weighted by Crippen LogP contribution is -2.14. The number of anilines is 1. The molecule has 1 amide bonds. The van der Waals surface area contributed by atoms with Crippen LogP contribution in [-0.2, 0) is 11.2 Å².